The van der Waals surface area contributed by atoms with Gasteiger partial charge in [0.2, 0.25) is 10.0 Å². The Labute approximate surface area is 169 Å². The second-order valence-electron chi connectivity index (χ2n) is 6.82. The highest BCUT2D eigenvalue weighted by Crippen LogP contribution is 2.27. The second-order valence-corrected chi connectivity index (χ2v) is 9.62. The van der Waals surface area contributed by atoms with Gasteiger partial charge >= 0.3 is 0 Å². The predicted octanol–water partition coefficient (Wildman–Crippen LogP) is 1.94. The number of hydrogen-bond donors (Lipinski definition) is 2. The lowest BCUT2D eigenvalue weighted by atomic mass is 10.0. The molecule has 0 spiro atoms. The first-order valence-corrected chi connectivity index (χ1v) is 11.0. The maximum atomic E-state index is 12.7. The lowest BCUT2D eigenvalue weighted by Crippen LogP contribution is -2.31. The number of hydrogen-bond acceptors (Lipinski definition) is 5. The zero-order chi connectivity index (χ0) is 18.1. The summed E-state index contributed by atoms with van der Waals surface area (Å²) in [5.74, 6) is 1.06. The quantitative estimate of drug-likeness (QED) is 0.764. The minimum atomic E-state index is -3.59. The van der Waals surface area contributed by atoms with Gasteiger partial charge in [0, 0.05) is 43.2 Å². The molecule has 2 N–H and O–H groups in total. The maximum absolute atomic E-state index is 12.7. The van der Waals surface area contributed by atoms with Crippen molar-refractivity contribution in [2.75, 3.05) is 26.2 Å². The summed E-state index contributed by atoms with van der Waals surface area (Å²) in [4.78, 5) is 15.7. The lowest BCUT2D eigenvalue weighted by Gasteiger charge is -2.17. The van der Waals surface area contributed by atoms with Crippen molar-refractivity contribution in [3.05, 3.63) is 52.2 Å². The molecule has 0 aliphatic carbocycles. The number of likely N-dealkylation sites (tertiary alicyclic amines) is 1. The SMILES string of the molecule is Cl.O=C(c1ccc(S(=O)(=O)NCc2cccs2)cc1)N1C[C@H]2CNC[C@H]2C1. The van der Waals surface area contributed by atoms with Gasteiger partial charge in [0.05, 0.1) is 4.90 Å². The molecular weight excluding hydrogens is 406 g/mol. The summed E-state index contributed by atoms with van der Waals surface area (Å²) in [6.45, 7) is 3.77. The summed E-state index contributed by atoms with van der Waals surface area (Å²) in [5, 5.41) is 5.27. The molecule has 27 heavy (non-hydrogen) atoms. The van der Waals surface area contributed by atoms with Gasteiger partial charge in [0.1, 0.15) is 0 Å². The first-order valence-electron chi connectivity index (χ1n) is 8.65. The number of halogens is 1. The van der Waals surface area contributed by atoms with Crippen LogP contribution in [0.5, 0.6) is 0 Å². The predicted molar refractivity (Wildman–Crippen MR) is 108 cm³/mol. The molecule has 9 heteroatoms. The molecule has 3 heterocycles. The fraction of sp³-hybridized carbons (Fsp3) is 0.389. The Bertz CT molecular complexity index is 873. The van der Waals surface area contributed by atoms with Gasteiger partial charge in [-0.05, 0) is 47.5 Å². The highest BCUT2D eigenvalue weighted by Gasteiger charge is 2.38. The number of amides is 1. The van der Waals surface area contributed by atoms with Crippen molar-refractivity contribution >= 4 is 39.7 Å². The summed E-state index contributed by atoms with van der Waals surface area (Å²) in [6, 6.07) is 9.99. The summed E-state index contributed by atoms with van der Waals surface area (Å²) in [7, 11) is -3.59. The van der Waals surface area contributed by atoms with Gasteiger partial charge in [-0.25, -0.2) is 13.1 Å². The Morgan fingerprint density at radius 1 is 1.15 bits per heavy atom. The zero-order valence-electron chi connectivity index (χ0n) is 14.6. The van der Waals surface area contributed by atoms with Crippen LogP contribution in [0.15, 0.2) is 46.7 Å². The van der Waals surface area contributed by atoms with E-state index in [-0.39, 0.29) is 29.8 Å². The fourth-order valence-electron chi connectivity index (χ4n) is 3.64. The molecule has 2 fully saturated rings. The number of nitrogens with one attached hydrogen (secondary N) is 2. The zero-order valence-corrected chi connectivity index (χ0v) is 17.1. The lowest BCUT2D eigenvalue weighted by molar-refractivity contribution is 0.0781. The van der Waals surface area contributed by atoms with Crippen LogP contribution >= 0.6 is 23.7 Å². The van der Waals surface area contributed by atoms with Crippen molar-refractivity contribution in [2.45, 2.75) is 11.4 Å². The van der Waals surface area contributed by atoms with Crippen molar-refractivity contribution in [3.8, 4) is 0 Å². The molecule has 0 unspecified atom stereocenters. The molecule has 0 saturated carbocycles. The van der Waals surface area contributed by atoms with Crippen LogP contribution in [-0.2, 0) is 16.6 Å². The molecule has 0 bridgehead atoms. The molecular formula is C18H22ClN3O3S2. The van der Waals surface area contributed by atoms with Crippen LogP contribution in [0, 0.1) is 11.8 Å². The molecule has 2 aromatic rings. The molecule has 6 nitrogen and oxygen atoms in total. The average molecular weight is 428 g/mol. The van der Waals surface area contributed by atoms with E-state index in [1.807, 2.05) is 22.4 Å². The third-order valence-electron chi connectivity index (χ3n) is 5.10. The summed E-state index contributed by atoms with van der Waals surface area (Å²) in [5.41, 5.74) is 0.537. The molecule has 2 saturated heterocycles. The van der Waals surface area contributed by atoms with E-state index in [1.165, 1.54) is 23.5 Å². The average Bonchev–Trinajstić information content (AvgIpc) is 3.36. The van der Waals surface area contributed by atoms with Crippen LogP contribution < -0.4 is 10.0 Å². The molecule has 0 radical (unpaired) electrons. The van der Waals surface area contributed by atoms with E-state index in [2.05, 4.69) is 10.0 Å². The topological polar surface area (TPSA) is 78.5 Å². The Hall–Kier alpha value is -1.45. The summed E-state index contributed by atoms with van der Waals surface area (Å²) in [6.07, 6.45) is 0. The Morgan fingerprint density at radius 2 is 1.81 bits per heavy atom. The largest absolute Gasteiger partial charge is 0.338 e. The Morgan fingerprint density at radius 3 is 2.41 bits per heavy atom. The van der Waals surface area contributed by atoms with Crippen molar-refractivity contribution in [1.82, 2.24) is 14.9 Å². The van der Waals surface area contributed by atoms with Crippen molar-refractivity contribution in [1.29, 1.82) is 0 Å². The number of fused-ring (bicyclic) bond motifs is 1. The van der Waals surface area contributed by atoms with Gasteiger partial charge in [-0.1, -0.05) is 6.07 Å². The number of benzene rings is 1. The van der Waals surface area contributed by atoms with E-state index in [0.717, 1.165) is 31.1 Å². The van der Waals surface area contributed by atoms with E-state index in [0.29, 0.717) is 17.4 Å². The molecule has 1 amide bonds. The first kappa shape index (κ1) is 20.3. The van der Waals surface area contributed by atoms with Gasteiger partial charge in [-0.2, -0.15) is 0 Å². The summed E-state index contributed by atoms with van der Waals surface area (Å²) < 4.78 is 27.4. The maximum Gasteiger partial charge on any atom is 0.253 e. The van der Waals surface area contributed by atoms with Gasteiger partial charge in [-0.3, -0.25) is 4.79 Å². The van der Waals surface area contributed by atoms with Crippen LogP contribution in [0.2, 0.25) is 0 Å². The molecule has 2 atom stereocenters. The van der Waals surface area contributed by atoms with E-state index >= 15 is 0 Å². The molecule has 1 aromatic heterocycles. The first-order chi connectivity index (χ1) is 12.5. The number of carbonyl (C=O) groups excluding carboxylic acids is 1. The van der Waals surface area contributed by atoms with E-state index < -0.39 is 10.0 Å². The van der Waals surface area contributed by atoms with Crippen molar-refractivity contribution < 1.29 is 13.2 Å². The highest BCUT2D eigenvalue weighted by atomic mass is 35.5. The van der Waals surface area contributed by atoms with Gasteiger partial charge in [0.25, 0.3) is 5.91 Å². The van der Waals surface area contributed by atoms with Gasteiger partial charge < -0.3 is 10.2 Å². The molecule has 2 aliphatic heterocycles. The highest BCUT2D eigenvalue weighted by molar-refractivity contribution is 7.89. The standard InChI is InChI=1S/C18H21N3O3S2.ClH/c22-18(21-11-14-8-19-9-15(14)12-21)13-3-5-17(6-4-13)26(23,24)20-10-16-2-1-7-25-16;/h1-7,14-15,19-20H,8-12H2;1H/t14-,15+;. The number of thiophene rings is 1. The minimum absolute atomic E-state index is 0. The smallest absolute Gasteiger partial charge is 0.253 e. The molecule has 2 aliphatic rings. The number of sulfonamides is 1. The normalized spacial score (nSPS) is 21.7. The molecule has 4 rings (SSSR count). The summed E-state index contributed by atoms with van der Waals surface area (Å²) >= 11 is 1.50. The van der Waals surface area contributed by atoms with Crippen LogP contribution in [0.3, 0.4) is 0 Å². The van der Waals surface area contributed by atoms with E-state index in [1.54, 1.807) is 12.1 Å². The fourth-order valence-corrected chi connectivity index (χ4v) is 5.39. The van der Waals surface area contributed by atoms with Gasteiger partial charge in [0.15, 0.2) is 0 Å². The van der Waals surface area contributed by atoms with E-state index in [9.17, 15) is 13.2 Å². The second kappa shape index (κ2) is 8.28. The van der Waals surface area contributed by atoms with Crippen molar-refractivity contribution in [3.63, 3.8) is 0 Å². The van der Waals surface area contributed by atoms with Crippen LogP contribution in [0.1, 0.15) is 15.2 Å². The van der Waals surface area contributed by atoms with Crippen LogP contribution in [0.25, 0.3) is 0 Å². The third kappa shape index (κ3) is 4.35. The molecule has 1 aromatic carbocycles. The minimum Gasteiger partial charge on any atom is -0.338 e. The molecule has 146 valence electrons. The third-order valence-corrected chi connectivity index (χ3v) is 7.40. The van der Waals surface area contributed by atoms with E-state index in [4.69, 9.17) is 0 Å². The number of nitrogens with zero attached hydrogens (tertiary/aromatic N) is 1. The Kier molecular flexibility index (Phi) is 6.22. The van der Waals surface area contributed by atoms with Crippen LogP contribution in [0.4, 0.5) is 0 Å². The van der Waals surface area contributed by atoms with Crippen LogP contribution in [-0.4, -0.2) is 45.4 Å². The monoisotopic (exact) mass is 427 g/mol. The van der Waals surface area contributed by atoms with Gasteiger partial charge in [-0.15, -0.1) is 23.7 Å². The van der Waals surface area contributed by atoms with Crippen molar-refractivity contribution in [2.24, 2.45) is 11.8 Å². The number of carbonyl (C=O) groups is 1. The Balaban J connectivity index is 0.00000210. The number of rotatable bonds is 5.